The molecule has 20 heavy (non-hydrogen) atoms. The van der Waals surface area contributed by atoms with Gasteiger partial charge in [0.2, 0.25) is 10.0 Å². The van der Waals surface area contributed by atoms with Crippen molar-refractivity contribution in [2.75, 3.05) is 39.6 Å². The van der Waals surface area contributed by atoms with Gasteiger partial charge in [0.15, 0.2) is 0 Å². The van der Waals surface area contributed by atoms with E-state index in [0.29, 0.717) is 12.2 Å². The van der Waals surface area contributed by atoms with E-state index in [2.05, 4.69) is 10.3 Å². The van der Waals surface area contributed by atoms with Crippen LogP contribution in [-0.4, -0.2) is 63.2 Å². The van der Waals surface area contributed by atoms with E-state index >= 15 is 0 Å². The van der Waals surface area contributed by atoms with Crippen molar-refractivity contribution in [1.29, 1.82) is 0 Å². The molecule has 8 heteroatoms. The molecule has 0 saturated carbocycles. The molecule has 0 saturated heterocycles. The first-order valence-electron chi connectivity index (χ1n) is 6.07. The van der Waals surface area contributed by atoms with Gasteiger partial charge in [-0.15, -0.1) is 0 Å². The average molecular weight is 301 g/mol. The van der Waals surface area contributed by atoms with Crippen molar-refractivity contribution in [3.63, 3.8) is 0 Å². The smallest absolute Gasteiger partial charge is 0.252 e. The van der Waals surface area contributed by atoms with Gasteiger partial charge < -0.3 is 10.1 Å². The van der Waals surface area contributed by atoms with Crippen molar-refractivity contribution in [2.45, 2.75) is 0 Å². The maximum absolute atomic E-state index is 11.7. The molecule has 0 spiro atoms. The largest absolute Gasteiger partial charge is 0.383 e. The van der Waals surface area contributed by atoms with E-state index in [1.165, 1.54) is 17.6 Å². The van der Waals surface area contributed by atoms with Gasteiger partial charge in [0.1, 0.15) is 0 Å². The second-order valence-corrected chi connectivity index (χ2v) is 6.13. The summed E-state index contributed by atoms with van der Waals surface area (Å²) >= 11 is 0. The summed E-state index contributed by atoms with van der Waals surface area (Å²) in [6.07, 6.45) is 4.16. The molecule has 0 aliphatic rings. The predicted octanol–water partition coefficient (Wildman–Crippen LogP) is -0.281. The molecule has 0 atom stereocenters. The second kappa shape index (κ2) is 7.93. The van der Waals surface area contributed by atoms with Crippen LogP contribution < -0.4 is 5.32 Å². The van der Waals surface area contributed by atoms with Gasteiger partial charge in [0.25, 0.3) is 5.91 Å². The monoisotopic (exact) mass is 301 g/mol. The van der Waals surface area contributed by atoms with Crippen molar-refractivity contribution in [3.8, 4) is 0 Å². The van der Waals surface area contributed by atoms with Crippen LogP contribution in [0.1, 0.15) is 10.4 Å². The van der Waals surface area contributed by atoms with Crippen LogP contribution >= 0.6 is 0 Å². The fourth-order valence-electron chi connectivity index (χ4n) is 1.53. The van der Waals surface area contributed by atoms with Gasteiger partial charge in [-0.25, -0.2) is 8.42 Å². The highest BCUT2D eigenvalue weighted by molar-refractivity contribution is 7.88. The lowest BCUT2D eigenvalue weighted by atomic mass is 10.3. The molecule has 1 N–H and O–H groups in total. The van der Waals surface area contributed by atoms with Crippen molar-refractivity contribution < 1.29 is 17.9 Å². The zero-order valence-corrected chi connectivity index (χ0v) is 12.4. The lowest BCUT2D eigenvalue weighted by Gasteiger charge is -2.19. The Morgan fingerprint density at radius 2 is 2.20 bits per heavy atom. The zero-order chi connectivity index (χ0) is 15.0. The van der Waals surface area contributed by atoms with Crippen molar-refractivity contribution in [1.82, 2.24) is 14.6 Å². The van der Waals surface area contributed by atoms with E-state index < -0.39 is 10.0 Å². The van der Waals surface area contributed by atoms with Crippen LogP contribution in [0.3, 0.4) is 0 Å². The SMILES string of the molecule is COCCN(CCNC(=O)c1cccnc1)S(C)(=O)=O. The van der Waals surface area contributed by atoms with Crippen LogP contribution in [-0.2, 0) is 14.8 Å². The highest BCUT2D eigenvalue weighted by Gasteiger charge is 2.16. The number of rotatable bonds is 8. The Bertz CT molecular complexity index is 519. The molecule has 7 nitrogen and oxygen atoms in total. The summed E-state index contributed by atoms with van der Waals surface area (Å²) in [5, 5.41) is 2.65. The number of carbonyl (C=O) groups is 1. The summed E-state index contributed by atoms with van der Waals surface area (Å²) in [5.41, 5.74) is 0.440. The molecule has 0 aliphatic heterocycles. The fourth-order valence-corrected chi connectivity index (χ4v) is 2.36. The first kappa shape index (κ1) is 16.5. The lowest BCUT2D eigenvalue weighted by Crippen LogP contribution is -2.39. The highest BCUT2D eigenvalue weighted by atomic mass is 32.2. The molecule has 1 rings (SSSR count). The second-order valence-electron chi connectivity index (χ2n) is 4.15. The molecule has 1 amide bonds. The number of nitrogens with zero attached hydrogens (tertiary/aromatic N) is 2. The van der Waals surface area contributed by atoms with Crippen LogP contribution in [0.2, 0.25) is 0 Å². The number of amides is 1. The van der Waals surface area contributed by atoms with E-state index in [0.717, 1.165) is 6.26 Å². The Morgan fingerprint density at radius 1 is 1.45 bits per heavy atom. The number of pyridine rings is 1. The summed E-state index contributed by atoms with van der Waals surface area (Å²) in [5.74, 6) is -0.279. The standard InChI is InChI=1S/C12H19N3O4S/c1-19-9-8-15(20(2,17)18)7-6-14-12(16)11-4-3-5-13-10-11/h3-5,10H,6-9H2,1-2H3,(H,14,16). The minimum absolute atomic E-state index is 0.203. The predicted molar refractivity (Wildman–Crippen MR) is 74.9 cm³/mol. The number of ether oxygens (including phenoxy) is 1. The molecule has 0 fully saturated rings. The van der Waals surface area contributed by atoms with Gasteiger partial charge in [-0.1, -0.05) is 0 Å². The van der Waals surface area contributed by atoms with E-state index in [1.807, 2.05) is 0 Å². The number of hydrogen-bond donors (Lipinski definition) is 1. The lowest BCUT2D eigenvalue weighted by molar-refractivity contribution is 0.0950. The number of sulfonamides is 1. The van der Waals surface area contributed by atoms with E-state index in [1.54, 1.807) is 18.3 Å². The summed E-state index contributed by atoms with van der Waals surface area (Å²) in [6.45, 7) is 1.00. The van der Waals surface area contributed by atoms with Crippen molar-refractivity contribution >= 4 is 15.9 Å². The van der Waals surface area contributed by atoms with Gasteiger partial charge in [0.05, 0.1) is 18.4 Å². The normalized spacial score (nSPS) is 11.6. The molecule has 0 unspecified atom stereocenters. The van der Waals surface area contributed by atoms with Crippen LogP contribution in [0.15, 0.2) is 24.5 Å². The number of carbonyl (C=O) groups excluding carboxylic acids is 1. The maximum Gasteiger partial charge on any atom is 0.252 e. The Morgan fingerprint density at radius 3 is 2.75 bits per heavy atom. The molecular formula is C12H19N3O4S. The molecule has 0 aromatic carbocycles. The highest BCUT2D eigenvalue weighted by Crippen LogP contribution is 1.98. The average Bonchev–Trinajstić information content (AvgIpc) is 2.42. The van der Waals surface area contributed by atoms with Gasteiger partial charge >= 0.3 is 0 Å². The van der Waals surface area contributed by atoms with Crippen LogP contribution in [0, 0.1) is 0 Å². The Labute approximate surface area is 119 Å². The van der Waals surface area contributed by atoms with E-state index in [4.69, 9.17) is 4.74 Å². The quantitative estimate of drug-likeness (QED) is 0.713. The minimum atomic E-state index is -3.31. The molecule has 0 radical (unpaired) electrons. The van der Waals surface area contributed by atoms with Crippen molar-refractivity contribution in [2.24, 2.45) is 0 Å². The third-order valence-electron chi connectivity index (χ3n) is 2.58. The van der Waals surface area contributed by atoms with E-state index in [9.17, 15) is 13.2 Å². The number of hydrogen-bond acceptors (Lipinski definition) is 5. The zero-order valence-electron chi connectivity index (χ0n) is 11.6. The molecule has 112 valence electrons. The van der Waals surface area contributed by atoms with Crippen LogP contribution in [0.4, 0.5) is 0 Å². The molecule has 1 aromatic heterocycles. The molecule has 0 aliphatic carbocycles. The summed E-state index contributed by atoms with van der Waals surface area (Å²) < 4.78 is 29.2. The first-order valence-corrected chi connectivity index (χ1v) is 7.92. The van der Waals surface area contributed by atoms with E-state index in [-0.39, 0.29) is 25.5 Å². The summed E-state index contributed by atoms with van der Waals surface area (Å²) in [4.78, 5) is 15.6. The Kier molecular flexibility index (Phi) is 6.56. The van der Waals surface area contributed by atoms with Gasteiger partial charge in [0, 0.05) is 39.1 Å². The van der Waals surface area contributed by atoms with Gasteiger partial charge in [-0.05, 0) is 12.1 Å². The maximum atomic E-state index is 11.7. The topological polar surface area (TPSA) is 88.6 Å². The number of methoxy groups -OCH3 is 1. The van der Waals surface area contributed by atoms with Gasteiger partial charge in [-0.2, -0.15) is 4.31 Å². The molecular weight excluding hydrogens is 282 g/mol. The van der Waals surface area contributed by atoms with Crippen molar-refractivity contribution in [3.05, 3.63) is 30.1 Å². The first-order chi connectivity index (χ1) is 9.45. The minimum Gasteiger partial charge on any atom is -0.383 e. The fraction of sp³-hybridized carbons (Fsp3) is 0.500. The van der Waals surface area contributed by atoms with Crippen LogP contribution in [0.5, 0.6) is 0 Å². The molecule has 0 bridgehead atoms. The number of nitrogens with one attached hydrogen (secondary N) is 1. The molecule has 1 aromatic rings. The number of aromatic nitrogens is 1. The third-order valence-corrected chi connectivity index (χ3v) is 3.89. The molecule has 1 heterocycles. The summed E-state index contributed by atoms with van der Waals surface area (Å²) in [7, 11) is -1.81. The summed E-state index contributed by atoms with van der Waals surface area (Å²) in [6, 6.07) is 3.30. The van der Waals surface area contributed by atoms with Gasteiger partial charge in [-0.3, -0.25) is 9.78 Å². The van der Waals surface area contributed by atoms with Crippen LogP contribution in [0.25, 0.3) is 0 Å². The Balaban J connectivity index is 2.46. The Hall–Kier alpha value is -1.51. The third kappa shape index (κ3) is 5.64.